The van der Waals surface area contributed by atoms with Gasteiger partial charge in [0.15, 0.2) is 0 Å². The second kappa shape index (κ2) is 35.5. The summed E-state index contributed by atoms with van der Waals surface area (Å²) in [5.41, 5.74) is 3.99. The number of esters is 6. The Morgan fingerprint density at radius 3 is 0.864 bits per heavy atom. The molecule has 3 saturated carbocycles. The highest BCUT2D eigenvalue weighted by atomic mass is 16.6. The molecule has 6 aromatic rings. The lowest BCUT2D eigenvalue weighted by atomic mass is 9.82. The van der Waals surface area contributed by atoms with E-state index in [-0.39, 0.29) is 71.3 Å². The first-order valence-electron chi connectivity index (χ1n) is 31.6. The quantitative estimate of drug-likeness (QED) is 0.0356. The third kappa shape index (κ3) is 22.2. The summed E-state index contributed by atoms with van der Waals surface area (Å²) >= 11 is 0. The predicted octanol–water partition coefficient (Wildman–Crippen LogP) is 16.4. The number of rotatable bonds is 22. The summed E-state index contributed by atoms with van der Waals surface area (Å²) in [5.74, 6) is 2.62. The first-order valence-corrected chi connectivity index (χ1v) is 31.6. The fourth-order valence-corrected chi connectivity index (χ4v) is 10.9. The Morgan fingerprint density at radius 2 is 0.580 bits per heavy atom. The Morgan fingerprint density at radius 1 is 0.307 bits per heavy atom. The standard InChI is InChI=1S/C30H40O6.2C22H24O4/c1-3-5-7-21-33-25-13-17-27(18-14-25)35-29(31)23-9-11-24(12-10-23)30(32)36-28-19-15-26(16-20-28)34-22-8-6-4-2;1-15-5-3-7-19(13-15)25-21(23)17-9-11-18(12-10-17)22(24)26-20-8-4-6-16(2)14-20;1-15-7-3-5-9-19(15)25-21(23)17-11-13-18(14-12-17)22(24)26-20-10-6-4-8-16(20)2/h13-20,23-24H,3-12,21-22H2,1-2H3;3-8,13-14,17-18H,9-12H2,1-2H3;3-10,17-18H,11-14H2,1-2H3. The number of unbranched alkanes of at least 4 members (excludes halogenated alkanes) is 4. The lowest BCUT2D eigenvalue weighted by Crippen LogP contribution is -2.30. The Kier molecular flexibility index (Phi) is 27.1. The number of hydrogen-bond acceptors (Lipinski definition) is 14. The normalized spacial score (nSPS) is 18.7. The van der Waals surface area contributed by atoms with Crippen LogP contribution < -0.4 is 37.9 Å². The average Bonchev–Trinajstić information content (AvgIpc) is 3.74. The van der Waals surface area contributed by atoms with E-state index in [2.05, 4.69) is 13.8 Å². The lowest BCUT2D eigenvalue weighted by molar-refractivity contribution is -0.145. The van der Waals surface area contributed by atoms with E-state index in [1.54, 1.807) is 48.5 Å². The van der Waals surface area contributed by atoms with Gasteiger partial charge in [-0.3, -0.25) is 28.8 Å². The highest BCUT2D eigenvalue weighted by Gasteiger charge is 2.35. The van der Waals surface area contributed by atoms with Crippen molar-refractivity contribution in [1.82, 2.24) is 0 Å². The Labute approximate surface area is 519 Å². The molecule has 0 radical (unpaired) electrons. The molecule has 0 amide bonds. The van der Waals surface area contributed by atoms with E-state index in [0.29, 0.717) is 125 Å². The maximum atomic E-state index is 12.6. The maximum absolute atomic E-state index is 12.6. The molecule has 3 aliphatic rings. The summed E-state index contributed by atoms with van der Waals surface area (Å²) in [7, 11) is 0. The van der Waals surface area contributed by atoms with Gasteiger partial charge in [-0.15, -0.1) is 0 Å². The van der Waals surface area contributed by atoms with Gasteiger partial charge in [-0.1, -0.05) is 100 Å². The molecule has 14 heteroatoms. The molecule has 0 aliphatic heterocycles. The third-order valence-corrected chi connectivity index (χ3v) is 16.3. The van der Waals surface area contributed by atoms with Crippen LogP contribution in [0.15, 0.2) is 146 Å². The smallest absolute Gasteiger partial charge is 0.314 e. The maximum Gasteiger partial charge on any atom is 0.314 e. The average molecular weight is 1200 g/mol. The van der Waals surface area contributed by atoms with Crippen LogP contribution in [0.3, 0.4) is 0 Å². The minimum absolute atomic E-state index is 0.154. The molecular formula is C74H88O14. The Balaban J connectivity index is 0.000000192. The van der Waals surface area contributed by atoms with Crippen LogP contribution in [-0.4, -0.2) is 49.0 Å². The predicted molar refractivity (Wildman–Crippen MR) is 338 cm³/mol. The van der Waals surface area contributed by atoms with Gasteiger partial charge in [0.1, 0.15) is 46.0 Å². The Hall–Kier alpha value is -8.26. The van der Waals surface area contributed by atoms with Crippen molar-refractivity contribution in [1.29, 1.82) is 0 Å². The van der Waals surface area contributed by atoms with Gasteiger partial charge in [-0.05, 0) is 225 Å². The van der Waals surface area contributed by atoms with Crippen molar-refractivity contribution in [3.63, 3.8) is 0 Å². The number of ether oxygens (including phenoxy) is 8. The fourth-order valence-electron chi connectivity index (χ4n) is 10.9. The number of para-hydroxylation sites is 2. The van der Waals surface area contributed by atoms with Crippen LogP contribution in [0, 0.1) is 63.2 Å². The summed E-state index contributed by atoms with van der Waals surface area (Å²) < 4.78 is 44.6. The number of aryl methyl sites for hydroxylation is 4. The zero-order valence-corrected chi connectivity index (χ0v) is 52.2. The van der Waals surface area contributed by atoms with Gasteiger partial charge in [0, 0.05) is 0 Å². The minimum Gasteiger partial charge on any atom is -0.494 e. The molecule has 0 bridgehead atoms. The highest BCUT2D eigenvalue weighted by Crippen LogP contribution is 2.35. The van der Waals surface area contributed by atoms with Crippen LogP contribution in [0.1, 0.15) is 152 Å². The van der Waals surface area contributed by atoms with Gasteiger partial charge in [0.2, 0.25) is 0 Å². The second-order valence-corrected chi connectivity index (χ2v) is 23.4. The van der Waals surface area contributed by atoms with E-state index in [1.807, 2.05) is 125 Å². The molecule has 3 aliphatic carbocycles. The molecule has 9 rings (SSSR count). The van der Waals surface area contributed by atoms with Crippen LogP contribution in [0.4, 0.5) is 0 Å². The van der Waals surface area contributed by atoms with Crippen molar-refractivity contribution in [2.75, 3.05) is 13.2 Å². The van der Waals surface area contributed by atoms with Crippen molar-refractivity contribution in [3.8, 4) is 46.0 Å². The lowest BCUT2D eigenvalue weighted by Gasteiger charge is -2.26. The third-order valence-electron chi connectivity index (χ3n) is 16.3. The summed E-state index contributed by atoms with van der Waals surface area (Å²) in [6, 6.07) is 44.3. The first kappa shape index (κ1) is 67.3. The summed E-state index contributed by atoms with van der Waals surface area (Å²) in [5, 5.41) is 0. The number of carbonyl (C=O) groups excluding carboxylic acids is 6. The number of carbonyl (C=O) groups is 6. The molecule has 0 aromatic heterocycles. The van der Waals surface area contributed by atoms with Gasteiger partial charge in [-0.2, -0.15) is 0 Å². The topological polar surface area (TPSA) is 176 Å². The van der Waals surface area contributed by atoms with Crippen molar-refractivity contribution in [2.45, 2.75) is 157 Å². The van der Waals surface area contributed by atoms with Crippen LogP contribution >= 0.6 is 0 Å². The summed E-state index contributed by atoms with van der Waals surface area (Å²) in [6.45, 7) is 13.5. The summed E-state index contributed by atoms with van der Waals surface area (Å²) in [4.78, 5) is 74.7. The van der Waals surface area contributed by atoms with Crippen LogP contribution in [0.5, 0.6) is 46.0 Å². The molecular weight excluding hydrogens is 1110 g/mol. The van der Waals surface area contributed by atoms with E-state index in [1.165, 1.54) is 0 Å². The molecule has 14 nitrogen and oxygen atoms in total. The fraction of sp³-hybridized carbons (Fsp3) is 0.432. The van der Waals surface area contributed by atoms with Gasteiger partial charge in [-0.25, -0.2) is 0 Å². The van der Waals surface area contributed by atoms with Crippen molar-refractivity contribution in [3.05, 3.63) is 168 Å². The van der Waals surface area contributed by atoms with Gasteiger partial charge < -0.3 is 37.9 Å². The van der Waals surface area contributed by atoms with E-state index in [4.69, 9.17) is 37.9 Å². The van der Waals surface area contributed by atoms with E-state index in [9.17, 15) is 28.8 Å². The molecule has 0 N–H and O–H groups in total. The molecule has 0 heterocycles. The van der Waals surface area contributed by atoms with Crippen LogP contribution in [-0.2, 0) is 28.8 Å². The molecule has 468 valence electrons. The Bertz CT molecular complexity index is 2950. The zero-order chi connectivity index (χ0) is 62.6. The molecule has 6 aromatic carbocycles. The molecule has 88 heavy (non-hydrogen) atoms. The molecule has 3 fully saturated rings. The van der Waals surface area contributed by atoms with Crippen molar-refractivity contribution in [2.24, 2.45) is 35.5 Å². The van der Waals surface area contributed by atoms with Gasteiger partial charge in [0.25, 0.3) is 0 Å². The van der Waals surface area contributed by atoms with Crippen molar-refractivity contribution < 1.29 is 66.7 Å². The van der Waals surface area contributed by atoms with E-state index < -0.39 is 0 Å². The highest BCUT2D eigenvalue weighted by molar-refractivity contribution is 5.80. The SMILES string of the molecule is CCCCCOc1ccc(OC(=O)C2CCC(C(=O)Oc3ccc(OCCCCC)cc3)CC2)cc1.Cc1cccc(OC(=O)C2CCC(C(=O)Oc3cccc(C)c3)CC2)c1.Cc1ccccc1OC(=O)C1CCC(C(=O)Oc2ccccc2C)CC1. The molecule has 0 unspecified atom stereocenters. The second-order valence-electron chi connectivity index (χ2n) is 23.4. The number of hydrogen-bond donors (Lipinski definition) is 0. The van der Waals surface area contributed by atoms with Crippen LogP contribution in [0.2, 0.25) is 0 Å². The summed E-state index contributed by atoms with van der Waals surface area (Å²) in [6.07, 6.45) is 14.3. The largest absolute Gasteiger partial charge is 0.494 e. The van der Waals surface area contributed by atoms with Gasteiger partial charge >= 0.3 is 35.8 Å². The van der Waals surface area contributed by atoms with E-state index >= 15 is 0 Å². The van der Waals surface area contributed by atoms with Crippen molar-refractivity contribution >= 4 is 35.8 Å². The first-order chi connectivity index (χ1) is 42.6. The monoisotopic (exact) mass is 1200 g/mol. The molecule has 0 spiro atoms. The van der Waals surface area contributed by atoms with E-state index in [0.717, 1.165) is 72.3 Å². The zero-order valence-electron chi connectivity index (χ0n) is 52.2. The minimum atomic E-state index is -0.243. The molecule has 0 saturated heterocycles. The van der Waals surface area contributed by atoms with Crippen LogP contribution in [0.25, 0.3) is 0 Å². The molecule has 0 atom stereocenters. The number of benzene rings is 6. The van der Waals surface area contributed by atoms with Gasteiger partial charge in [0.05, 0.1) is 48.7 Å².